The number of ether oxygens (including phenoxy) is 3. The van der Waals surface area contributed by atoms with E-state index in [0.29, 0.717) is 13.2 Å². The van der Waals surface area contributed by atoms with E-state index in [0.717, 1.165) is 6.42 Å². The average molecular weight is 327 g/mol. The number of carbonyl (C=O) groups excluding carboxylic acids is 1. The van der Waals surface area contributed by atoms with Crippen molar-refractivity contribution in [2.75, 3.05) is 27.4 Å². The van der Waals surface area contributed by atoms with Crippen LogP contribution in [0.4, 0.5) is 8.78 Å². The minimum atomic E-state index is -1.20. The third kappa shape index (κ3) is 2.68. The second kappa shape index (κ2) is 6.41. The summed E-state index contributed by atoms with van der Waals surface area (Å²) in [6.45, 7) is 1.10. The number of fused-ring (bicyclic) bond motifs is 1. The molecule has 5 nitrogen and oxygen atoms in total. The third-order valence-electron chi connectivity index (χ3n) is 4.70. The van der Waals surface area contributed by atoms with Crippen LogP contribution in [-0.2, 0) is 9.47 Å². The van der Waals surface area contributed by atoms with Gasteiger partial charge in [0, 0.05) is 31.6 Å². The number of nitrogens with one attached hydrogen (secondary N) is 1. The molecular formula is C16H19F2NO4. The summed E-state index contributed by atoms with van der Waals surface area (Å²) in [5.41, 5.74) is -0.332. The summed E-state index contributed by atoms with van der Waals surface area (Å²) in [5, 5.41) is 2.80. The Bertz CT molecular complexity index is 610. The molecule has 1 saturated carbocycles. The molecule has 1 aromatic rings. The van der Waals surface area contributed by atoms with Crippen molar-refractivity contribution in [1.29, 1.82) is 0 Å². The van der Waals surface area contributed by atoms with Gasteiger partial charge in [-0.3, -0.25) is 4.79 Å². The quantitative estimate of drug-likeness (QED) is 0.895. The number of methoxy groups -OCH3 is 2. The maximum Gasteiger partial charge on any atom is 0.254 e. The molecule has 0 unspecified atom stereocenters. The van der Waals surface area contributed by atoms with Crippen LogP contribution in [0.3, 0.4) is 0 Å². The van der Waals surface area contributed by atoms with Crippen LogP contribution in [0.5, 0.6) is 5.75 Å². The van der Waals surface area contributed by atoms with Gasteiger partial charge < -0.3 is 19.5 Å². The molecule has 2 fully saturated rings. The lowest BCUT2D eigenvalue weighted by molar-refractivity contribution is -0.0810. The largest absolute Gasteiger partial charge is 0.494 e. The predicted octanol–water partition coefficient (Wildman–Crippen LogP) is 1.75. The van der Waals surface area contributed by atoms with Gasteiger partial charge in [-0.25, -0.2) is 4.39 Å². The molecule has 126 valence electrons. The fraction of sp³-hybridized carbons (Fsp3) is 0.562. The highest BCUT2D eigenvalue weighted by Crippen LogP contribution is 2.43. The predicted molar refractivity (Wildman–Crippen MR) is 77.4 cm³/mol. The smallest absolute Gasteiger partial charge is 0.254 e. The summed E-state index contributed by atoms with van der Waals surface area (Å²) in [6, 6.07) is 2.31. The molecule has 0 spiro atoms. The molecule has 3 rings (SSSR count). The van der Waals surface area contributed by atoms with E-state index < -0.39 is 17.5 Å². The van der Waals surface area contributed by atoms with E-state index in [1.165, 1.54) is 19.2 Å². The average Bonchev–Trinajstić information content (AvgIpc) is 2.97. The highest BCUT2D eigenvalue weighted by atomic mass is 19.2. The summed E-state index contributed by atoms with van der Waals surface area (Å²) in [7, 11) is 2.82. The minimum absolute atomic E-state index is 0.0302. The molecule has 23 heavy (non-hydrogen) atoms. The molecule has 1 aliphatic carbocycles. The van der Waals surface area contributed by atoms with E-state index in [1.807, 2.05) is 0 Å². The molecule has 1 N–H and O–H groups in total. The second-order valence-electron chi connectivity index (χ2n) is 5.85. The summed E-state index contributed by atoms with van der Waals surface area (Å²) >= 11 is 0. The normalized spacial score (nSPS) is 28.9. The molecule has 4 atom stereocenters. The van der Waals surface area contributed by atoms with Gasteiger partial charge >= 0.3 is 0 Å². The Morgan fingerprint density at radius 2 is 2.13 bits per heavy atom. The minimum Gasteiger partial charge on any atom is -0.494 e. The summed E-state index contributed by atoms with van der Waals surface area (Å²) < 4.78 is 43.3. The lowest BCUT2D eigenvalue weighted by Gasteiger charge is -2.47. The van der Waals surface area contributed by atoms with E-state index in [2.05, 4.69) is 5.32 Å². The van der Waals surface area contributed by atoms with Crippen LogP contribution in [0.2, 0.25) is 0 Å². The molecule has 1 amide bonds. The fourth-order valence-electron chi connectivity index (χ4n) is 3.53. The van der Waals surface area contributed by atoms with Crippen LogP contribution in [0, 0.1) is 23.5 Å². The first kappa shape index (κ1) is 16.1. The monoisotopic (exact) mass is 327 g/mol. The van der Waals surface area contributed by atoms with Gasteiger partial charge in [0.1, 0.15) is 0 Å². The molecule has 0 bridgehead atoms. The highest BCUT2D eigenvalue weighted by Gasteiger charge is 2.54. The Labute approximate surface area is 132 Å². The van der Waals surface area contributed by atoms with Gasteiger partial charge in [-0.15, -0.1) is 0 Å². The standard InChI is InChI=1S/C16H19F2NO4/c1-21-7-10-14(9-5-6-23-15(9)10)19-16(20)8-3-4-11(22-2)13(18)12(8)17/h3-4,9-10,14-15H,5-7H2,1-2H3,(H,19,20)/t9-,10+,14-,15-/m0/s1. The molecule has 7 heteroatoms. The molecular weight excluding hydrogens is 308 g/mol. The van der Waals surface area contributed by atoms with Gasteiger partial charge in [-0.2, -0.15) is 4.39 Å². The van der Waals surface area contributed by atoms with Crippen LogP contribution in [0.15, 0.2) is 12.1 Å². The number of rotatable bonds is 5. The van der Waals surface area contributed by atoms with Gasteiger partial charge in [-0.05, 0) is 18.6 Å². The highest BCUT2D eigenvalue weighted by molar-refractivity contribution is 5.95. The Balaban J connectivity index is 1.75. The fourth-order valence-corrected chi connectivity index (χ4v) is 3.53. The van der Waals surface area contributed by atoms with Crippen molar-refractivity contribution in [3.8, 4) is 5.75 Å². The van der Waals surface area contributed by atoms with Gasteiger partial charge in [0.15, 0.2) is 11.6 Å². The van der Waals surface area contributed by atoms with Crippen molar-refractivity contribution in [2.45, 2.75) is 18.6 Å². The Hall–Kier alpha value is -1.73. The van der Waals surface area contributed by atoms with E-state index in [-0.39, 0.29) is 35.3 Å². The second-order valence-corrected chi connectivity index (χ2v) is 5.85. The first-order chi connectivity index (χ1) is 11.1. The van der Waals surface area contributed by atoms with Crippen molar-refractivity contribution in [3.05, 3.63) is 29.3 Å². The first-order valence-electron chi connectivity index (χ1n) is 7.51. The van der Waals surface area contributed by atoms with E-state index in [4.69, 9.17) is 14.2 Å². The van der Waals surface area contributed by atoms with Crippen molar-refractivity contribution < 1.29 is 27.8 Å². The molecule has 0 aromatic heterocycles. The first-order valence-corrected chi connectivity index (χ1v) is 7.51. The maximum atomic E-state index is 14.0. The number of carbonyl (C=O) groups is 1. The van der Waals surface area contributed by atoms with Crippen LogP contribution in [0.1, 0.15) is 16.8 Å². The number of hydrogen-bond donors (Lipinski definition) is 1. The van der Waals surface area contributed by atoms with Crippen molar-refractivity contribution in [1.82, 2.24) is 5.32 Å². The Morgan fingerprint density at radius 3 is 2.83 bits per heavy atom. The Kier molecular flexibility index (Phi) is 4.50. The molecule has 2 aliphatic rings. The molecule has 0 radical (unpaired) electrons. The molecule has 1 saturated heterocycles. The lowest BCUT2D eigenvalue weighted by Crippen LogP contribution is -2.62. The zero-order valence-corrected chi connectivity index (χ0v) is 13.0. The van der Waals surface area contributed by atoms with Crippen LogP contribution in [-0.4, -0.2) is 45.5 Å². The number of hydrogen-bond acceptors (Lipinski definition) is 4. The van der Waals surface area contributed by atoms with E-state index in [1.54, 1.807) is 7.11 Å². The van der Waals surface area contributed by atoms with Crippen LogP contribution >= 0.6 is 0 Å². The van der Waals surface area contributed by atoms with E-state index >= 15 is 0 Å². The topological polar surface area (TPSA) is 56.8 Å². The summed E-state index contributed by atoms with van der Waals surface area (Å²) in [6.07, 6.45) is 0.910. The van der Waals surface area contributed by atoms with Crippen molar-refractivity contribution >= 4 is 5.91 Å². The van der Waals surface area contributed by atoms with Gasteiger partial charge in [0.2, 0.25) is 5.82 Å². The van der Waals surface area contributed by atoms with Gasteiger partial charge in [0.05, 0.1) is 25.4 Å². The third-order valence-corrected chi connectivity index (χ3v) is 4.70. The molecule has 1 aromatic carbocycles. The van der Waals surface area contributed by atoms with E-state index in [9.17, 15) is 13.6 Å². The van der Waals surface area contributed by atoms with Crippen molar-refractivity contribution in [3.63, 3.8) is 0 Å². The Morgan fingerprint density at radius 1 is 1.35 bits per heavy atom. The molecule has 1 heterocycles. The number of benzene rings is 1. The zero-order chi connectivity index (χ0) is 16.6. The summed E-state index contributed by atoms with van der Waals surface area (Å²) in [5.74, 6) is -3.01. The number of amides is 1. The van der Waals surface area contributed by atoms with Crippen molar-refractivity contribution in [2.24, 2.45) is 11.8 Å². The lowest BCUT2D eigenvalue weighted by atomic mass is 9.67. The van der Waals surface area contributed by atoms with Gasteiger partial charge in [0.25, 0.3) is 5.91 Å². The SMILES string of the molecule is COC[C@@H]1[C@@H](NC(=O)c2ccc(OC)c(F)c2F)[C@@H]2CCO[C@H]12. The van der Waals surface area contributed by atoms with Crippen LogP contribution < -0.4 is 10.1 Å². The van der Waals surface area contributed by atoms with Crippen LogP contribution in [0.25, 0.3) is 0 Å². The number of halogens is 2. The maximum absolute atomic E-state index is 14.0. The summed E-state index contributed by atoms with van der Waals surface area (Å²) in [4.78, 5) is 12.3. The molecule has 1 aliphatic heterocycles. The zero-order valence-electron chi connectivity index (χ0n) is 13.0. The van der Waals surface area contributed by atoms with Gasteiger partial charge in [-0.1, -0.05) is 0 Å².